The highest BCUT2D eigenvalue weighted by atomic mass is 32.1. The lowest BCUT2D eigenvalue weighted by molar-refractivity contribution is 0.0970. The van der Waals surface area contributed by atoms with Gasteiger partial charge < -0.3 is 5.11 Å². The monoisotopic (exact) mass is 206 g/mol. The average Bonchev–Trinajstić information content (AvgIpc) is 2.69. The van der Waals surface area contributed by atoms with Crippen LogP contribution in [0.1, 0.15) is 31.2 Å². The zero-order valence-electron chi connectivity index (χ0n) is 8.07. The van der Waals surface area contributed by atoms with Crippen molar-refractivity contribution in [2.45, 2.75) is 31.8 Å². The molecule has 0 aromatic carbocycles. The molecule has 1 aromatic rings. The number of rotatable bonds is 0. The van der Waals surface area contributed by atoms with Crippen molar-refractivity contribution in [3.63, 3.8) is 0 Å². The molecule has 2 rings (SSSR count). The van der Waals surface area contributed by atoms with Crippen LogP contribution in [0.15, 0.2) is 16.8 Å². The van der Waals surface area contributed by atoms with Crippen LogP contribution in [0.2, 0.25) is 0 Å². The van der Waals surface area contributed by atoms with Crippen molar-refractivity contribution < 1.29 is 5.11 Å². The van der Waals surface area contributed by atoms with E-state index in [0.29, 0.717) is 0 Å². The maximum Gasteiger partial charge on any atom is 0.0677 e. The lowest BCUT2D eigenvalue weighted by Gasteiger charge is -2.22. The van der Waals surface area contributed by atoms with Gasteiger partial charge in [-0.2, -0.15) is 11.3 Å². The molecule has 0 aliphatic heterocycles. The Morgan fingerprint density at radius 1 is 1.36 bits per heavy atom. The van der Waals surface area contributed by atoms with Gasteiger partial charge in [0.05, 0.1) is 6.10 Å². The zero-order chi connectivity index (χ0) is 9.80. The molecule has 1 saturated carbocycles. The highest BCUT2D eigenvalue weighted by Gasteiger charge is 2.20. The quantitative estimate of drug-likeness (QED) is 0.647. The number of thiophene rings is 1. The molecular formula is C12H14OS. The Kier molecular flexibility index (Phi) is 3.23. The van der Waals surface area contributed by atoms with E-state index in [9.17, 15) is 5.11 Å². The van der Waals surface area contributed by atoms with Crippen LogP contribution in [0.3, 0.4) is 0 Å². The molecule has 2 atom stereocenters. The summed E-state index contributed by atoms with van der Waals surface area (Å²) < 4.78 is 0. The van der Waals surface area contributed by atoms with Crippen LogP contribution < -0.4 is 0 Å². The highest BCUT2D eigenvalue weighted by Crippen LogP contribution is 2.23. The fraction of sp³-hybridized carbons (Fsp3) is 0.500. The number of hydrogen-bond donors (Lipinski definition) is 1. The van der Waals surface area contributed by atoms with Crippen LogP contribution in [0.5, 0.6) is 0 Å². The molecule has 0 radical (unpaired) electrons. The Hall–Kier alpha value is -0.780. The smallest absolute Gasteiger partial charge is 0.0677 e. The van der Waals surface area contributed by atoms with Crippen molar-refractivity contribution in [3.05, 3.63) is 22.4 Å². The third-order valence-electron chi connectivity index (χ3n) is 2.65. The van der Waals surface area contributed by atoms with Crippen LogP contribution in [-0.4, -0.2) is 11.2 Å². The minimum atomic E-state index is -0.199. The Bertz CT molecular complexity index is 331. The van der Waals surface area contributed by atoms with Gasteiger partial charge in [0.1, 0.15) is 0 Å². The van der Waals surface area contributed by atoms with Gasteiger partial charge in [-0.05, 0) is 24.3 Å². The molecule has 0 amide bonds. The van der Waals surface area contributed by atoms with Gasteiger partial charge in [0, 0.05) is 16.9 Å². The van der Waals surface area contributed by atoms with E-state index < -0.39 is 0 Å². The number of aliphatic hydroxyl groups excluding tert-OH is 1. The zero-order valence-corrected chi connectivity index (χ0v) is 8.89. The molecule has 1 aromatic heterocycles. The van der Waals surface area contributed by atoms with E-state index in [1.807, 2.05) is 16.8 Å². The van der Waals surface area contributed by atoms with E-state index in [4.69, 9.17) is 0 Å². The van der Waals surface area contributed by atoms with Gasteiger partial charge in [-0.15, -0.1) is 0 Å². The van der Waals surface area contributed by atoms with Gasteiger partial charge in [-0.25, -0.2) is 0 Å². The summed E-state index contributed by atoms with van der Waals surface area (Å²) in [5, 5.41) is 13.8. The highest BCUT2D eigenvalue weighted by molar-refractivity contribution is 7.08. The molecule has 1 fully saturated rings. The Morgan fingerprint density at radius 3 is 2.93 bits per heavy atom. The first-order chi connectivity index (χ1) is 6.86. The van der Waals surface area contributed by atoms with E-state index in [1.165, 1.54) is 6.42 Å². The molecule has 1 N–H and O–H groups in total. The van der Waals surface area contributed by atoms with E-state index in [-0.39, 0.29) is 12.0 Å². The minimum Gasteiger partial charge on any atom is -0.392 e. The van der Waals surface area contributed by atoms with Crippen LogP contribution in [0.4, 0.5) is 0 Å². The third-order valence-corrected chi connectivity index (χ3v) is 3.34. The first-order valence-corrected chi connectivity index (χ1v) is 6.02. The molecule has 2 heteroatoms. The predicted octanol–water partition coefficient (Wildman–Crippen LogP) is 2.65. The maximum absolute atomic E-state index is 9.70. The normalized spacial score (nSPS) is 26.6. The van der Waals surface area contributed by atoms with Crippen LogP contribution in [-0.2, 0) is 0 Å². The van der Waals surface area contributed by atoms with Crippen molar-refractivity contribution in [2.24, 2.45) is 5.92 Å². The molecule has 0 saturated heterocycles. The summed E-state index contributed by atoms with van der Waals surface area (Å²) in [4.78, 5) is 0. The van der Waals surface area contributed by atoms with Crippen LogP contribution >= 0.6 is 11.3 Å². The van der Waals surface area contributed by atoms with Crippen molar-refractivity contribution >= 4 is 11.3 Å². The minimum absolute atomic E-state index is 0.198. The first-order valence-electron chi connectivity index (χ1n) is 5.08. The molecule has 74 valence electrons. The second-order valence-electron chi connectivity index (χ2n) is 3.74. The molecule has 0 bridgehead atoms. The lowest BCUT2D eigenvalue weighted by atomic mass is 9.87. The molecule has 14 heavy (non-hydrogen) atoms. The van der Waals surface area contributed by atoms with Crippen LogP contribution in [0.25, 0.3) is 0 Å². The van der Waals surface area contributed by atoms with Crippen molar-refractivity contribution in [1.82, 2.24) is 0 Å². The summed E-state index contributed by atoms with van der Waals surface area (Å²) in [5.74, 6) is 6.50. The van der Waals surface area contributed by atoms with E-state index in [0.717, 1.165) is 24.8 Å². The van der Waals surface area contributed by atoms with Gasteiger partial charge in [-0.1, -0.05) is 24.7 Å². The SMILES string of the molecule is OC1CCCCC1C#Cc1ccsc1. The molecule has 1 aliphatic rings. The van der Waals surface area contributed by atoms with Gasteiger partial charge in [-0.3, -0.25) is 0 Å². The van der Waals surface area contributed by atoms with Crippen molar-refractivity contribution in [1.29, 1.82) is 0 Å². The third kappa shape index (κ3) is 2.37. The molecule has 1 heterocycles. The van der Waals surface area contributed by atoms with Gasteiger partial charge in [0.15, 0.2) is 0 Å². The molecule has 0 spiro atoms. The summed E-state index contributed by atoms with van der Waals surface area (Å²) in [6.07, 6.45) is 4.13. The summed E-state index contributed by atoms with van der Waals surface area (Å²) in [6, 6.07) is 2.02. The summed E-state index contributed by atoms with van der Waals surface area (Å²) in [6.45, 7) is 0. The Labute approximate surface area is 88.8 Å². The number of aliphatic hydroxyl groups is 1. The second kappa shape index (κ2) is 4.63. The summed E-state index contributed by atoms with van der Waals surface area (Å²) in [5.41, 5.74) is 1.08. The second-order valence-corrected chi connectivity index (χ2v) is 4.52. The van der Waals surface area contributed by atoms with Crippen molar-refractivity contribution in [3.8, 4) is 11.8 Å². The van der Waals surface area contributed by atoms with Gasteiger partial charge >= 0.3 is 0 Å². The molecular weight excluding hydrogens is 192 g/mol. The fourth-order valence-corrected chi connectivity index (χ4v) is 2.38. The van der Waals surface area contributed by atoms with Gasteiger partial charge in [0.2, 0.25) is 0 Å². The first kappa shape index (κ1) is 9.76. The van der Waals surface area contributed by atoms with E-state index >= 15 is 0 Å². The molecule has 2 unspecified atom stereocenters. The van der Waals surface area contributed by atoms with Crippen molar-refractivity contribution in [2.75, 3.05) is 0 Å². The average molecular weight is 206 g/mol. The number of hydrogen-bond acceptors (Lipinski definition) is 2. The maximum atomic E-state index is 9.70. The summed E-state index contributed by atoms with van der Waals surface area (Å²) in [7, 11) is 0. The van der Waals surface area contributed by atoms with Gasteiger partial charge in [0.25, 0.3) is 0 Å². The Balaban J connectivity index is 2.01. The van der Waals surface area contributed by atoms with E-state index in [1.54, 1.807) is 11.3 Å². The fourth-order valence-electron chi connectivity index (χ4n) is 1.79. The van der Waals surface area contributed by atoms with E-state index in [2.05, 4.69) is 11.8 Å². The van der Waals surface area contributed by atoms with Crippen LogP contribution in [0, 0.1) is 17.8 Å². The predicted molar refractivity (Wildman–Crippen MR) is 59.2 cm³/mol. The lowest BCUT2D eigenvalue weighted by Crippen LogP contribution is -2.22. The standard InChI is InChI=1S/C12H14OS/c13-12-4-2-1-3-11(12)6-5-10-7-8-14-9-10/h7-9,11-13H,1-4H2. The molecule has 1 aliphatic carbocycles. The largest absolute Gasteiger partial charge is 0.392 e. The molecule has 1 nitrogen and oxygen atoms in total. The summed E-state index contributed by atoms with van der Waals surface area (Å²) >= 11 is 1.66. The topological polar surface area (TPSA) is 20.2 Å². The Morgan fingerprint density at radius 2 is 2.21 bits per heavy atom.